The molecule has 0 aliphatic carbocycles. The number of nitrogens with one attached hydrogen (secondary N) is 1. The molecule has 3 heterocycles. The fourth-order valence-electron chi connectivity index (χ4n) is 4.43. The second kappa shape index (κ2) is 9.46. The van der Waals surface area contributed by atoms with Crippen LogP contribution in [0.4, 0.5) is 11.5 Å². The lowest BCUT2D eigenvalue weighted by atomic mass is 10.1. The number of carboxylic acid groups (broad SMARTS) is 1. The number of aromatic nitrogens is 3. The molecule has 1 aliphatic heterocycles. The lowest BCUT2D eigenvalue weighted by Gasteiger charge is -2.37. The minimum Gasteiger partial charge on any atom is -0.477 e. The molecule has 0 bridgehead atoms. The number of fused-ring (bicyclic) bond motifs is 1. The van der Waals surface area contributed by atoms with Gasteiger partial charge < -0.3 is 20.2 Å². The van der Waals surface area contributed by atoms with Gasteiger partial charge in [-0.1, -0.05) is 48.5 Å². The highest BCUT2D eigenvalue weighted by Crippen LogP contribution is 2.24. The standard InChI is InChI=1S/C26H26N6O3/c1-18-7-5-6-10-22(18)30-11-13-31(14-12-30)25(33)20-16-28-24-21(26(34)35)17-29-32(24)23(20)27-15-19-8-3-2-4-9-19/h2-10,16-17,27H,11-15H2,1H3,(H,34,35). The van der Waals surface area contributed by atoms with Crippen LogP contribution in [0.2, 0.25) is 0 Å². The molecule has 9 heteroatoms. The number of carbonyl (C=O) groups excluding carboxylic acids is 1. The van der Waals surface area contributed by atoms with Gasteiger partial charge in [0.1, 0.15) is 16.9 Å². The fourth-order valence-corrected chi connectivity index (χ4v) is 4.43. The number of carbonyl (C=O) groups is 2. The summed E-state index contributed by atoms with van der Waals surface area (Å²) in [6, 6.07) is 18.0. The highest BCUT2D eigenvalue weighted by molar-refractivity contribution is 6.00. The van der Waals surface area contributed by atoms with E-state index in [9.17, 15) is 14.7 Å². The maximum atomic E-state index is 13.6. The zero-order valence-electron chi connectivity index (χ0n) is 19.4. The summed E-state index contributed by atoms with van der Waals surface area (Å²) in [6.07, 6.45) is 2.71. The van der Waals surface area contributed by atoms with E-state index in [2.05, 4.69) is 39.4 Å². The third-order valence-electron chi connectivity index (χ3n) is 6.31. The van der Waals surface area contributed by atoms with E-state index in [4.69, 9.17) is 0 Å². The van der Waals surface area contributed by atoms with Crippen molar-refractivity contribution < 1.29 is 14.7 Å². The van der Waals surface area contributed by atoms with E-state index in [1.807, 2.05) is 47.4 Å². The smallest absolute Gasteiger partial charge is 0.341 e. The van der Waals surface area contributed by atoms with Crippen molar-refractivity contribution >= 4 is 29.0 Å². The molecule has 1 aliphatic rings. The van der Waals surface area contributed by atoms with Crippen LogP contribution >= 0.6 is 0 Å². The van der Waals surface area contributed by atoms with Crippen LogP contribution < -0.4 is 10.2 Å². The molecule has 0 radical (unpaired) electrons. The van der Waals surface area contributed by atoms with E-state index in [0.29, 0.717) is 31.0 Å². The molecular formula is C26H26N6O3. The maximum absolute atomic E-state index is 13.6. The van der Waals surface area contributed by atoms with Gasteiger partial charge in [0, 0.05) is 44.6 Å². The Labute approximate surface area is 202 Å². The second-order valence-electron chi connectivity index (χ2n) is 8.52. The van der Waals surface area contributed by atoms with Crippen LogP contribution in [0.3, 0.4) is 0 Å². The van der Waals surface area contributed by atoms with Crippen LogP contribution in [0.1, 0.15) is 31.8 Å². The number of amides is 1. The average Bonchev–Trinajstić information content (AvgIpc) is 3.33. The van der Waals surface area contributed by atoms with E-state index in [0.717, 1.165) is 18.7 Å². The Hall–Kier alpha value is -4.40. The van der Waals surface area contributed by atoms with Gasteiger partial charge in [-0.15, -0.1) is 0 Å². The molecule has 2 aromatic carbocycles. The third kappa shape index (κ3) is 4.40. The van der Waals surface area contributed by atoms with Gasteiger partial charge in [0.2, 0.25) is 0 Å². The number of hydrogen-bond donors (Lipinski definition) is 2. The lowest BCUT2D eigenvalue weighted by molar-refractivity contribution is 0.0697. The van der Waals surface area contributed by atoms with Crippen molar-refractivity contribution in [1.29, 1.82) is 0 Å². The molecule has 0 spiro atoms. The van der Waals surface area contributed by atoms with Gasteiger partial charge in [0.25, 0.3) is 5.91 Å². The van der Waals surface area contributed by atoms with Crippen LogP contribution in [0, 0.1) is 6.92 Å². The predicted molar refractivity (Wildman–Crippen MR) is 133 cm³/mol. The first-order valence-electron chi connectivity index (χ1n) is 11.5. The fraction of sp³-hybridized carbons (Fsp3) is 0.231. The van der Waals surface area contributed by atoms with Crippen molar-refractivity contribution in [2.75, 3.05) is 36.4 Å². The highest BCUT2D eigenvalue weighted by atomic mass is 16.4. The van der Waals surface area contributed by atoms with Crippen LogP contribution in [-0.4, -0.2) is 62.7 Å². The summed E-state index contributed by atoms with van der Waals surface area (Å²) < 4.78 is 1.41. The molecule has 0 saturated carbocycles. The Morgan fingerprint density at radius 3 is 2.37 bits per heavy atom. The number of hydrogen-bond acceptors (Lipinski definition) is 6. The zero-order chi connectivity index (χ0) is 24.4. The van der Waals surface area contributed by atoms with Crippen LogP contribution in [0.25, 0.3) is 5.65 Å². The summed E-state index contributed by atoms with van der Waals surface area (Å²) in [4.78, 5) is 33.6. The zero-order valence-corrected chi connectivity index (χ0v) is 19.4. The average molecular weight is 471 g/mol. The Kier molecular flexibility index (Phi) is 6.05. The SMILES string of the molecule is Cc1ccccc1N1CCN(C(=O)c2cnc3c(C(=O)O)cnn3c2NCc2ccccc2)CC1. The number of carboxylic acids is 1. The molecule has 1 fully saturated rings. The van der Waals surface area contributed by atoms with Gasteiger partial charge in [0.15, 0.2) is 5.65 Å². The van der Waals surface area contributed by atoms with E-state index < -0.39 is 5.97 Å². The topological polar surface area (TPSA) is 103 Å². The predicted octanol–water partition coefficient (Wildman–Crippen LogP) is 3.31. The van der Waals surface area contributed by atoms with Crippen molar-refractivity contribution in [2.24, 2.45) is 0 Å². The number of aryl methyl sites for hydroxylation is 1. The van der Waals surface area contributed by atoms with E-state index in [1.54, 1.807) is 0 Å². The van der Waals surface area contributed by atoms with Crippen molar-refractivity contribution in [2.45, 2.75) is 13.5 Å². The Bertz CT molecular complexity index is 1380. The maximum Gasteiger partial charge on any atom is 0.341 e. The van der Waals surface area contributed by atoms with Crippen LogP contribution in [0.5, 0.6) is 0 Å². The summed E-state index contributed by atoms with van der Waals surface area (Å²) >= 11 is 0. The molecule has 2 aromatic heterocycles. The third-order valence-corrected chi connectivity index (χ3v) is 6.31. The monoisotopic (exact) mass is 470 g/mol. The first kappa shape index (κ1) is 22.4. The molecule has 5 rings (SSSR count). The molecule has 1 saturated heterocycles. The Balaban J connectivity index is 1.42. The van der Waals surface area contributed by atoms with Crippen molar-refractivity contribution in [3.05, 3.63) is 89.2 Å². The minimum absolute atomic E-state index is 0.0152. The number of rotatable bonds is 6. The second-order valence-corrected chi connectivity index (χ2v) is 8.52. The summed E-state index contributed by atoms with van der Waals surface area (Å²) in [5.41, 5.74) is 3.95. The van der Waals surface area contributed by atoms with Gasteiger partial charge in [-0.25, -0.2) is 9.78 Å². The largest absolute Gasteiger partial charge is 0.477 e. The van der Waals surface area contributed by atoms with E-state index >= 15 is 0 Å². The molecule has 0 unspecified atom stereocenters. The molecule has 2 N–H and O–H groups in total. The van der Waals surface area contributed by atoms with Gasteiger partial charge in [-0.2, -0.15) is 9.61 Å². The minimum atomic E-state index is -1.12. The molecule has 4 aromatic rings. The number of benzene rings is 2. The molecule has 9 nitrogen and oxygen atoms in total. The molecule has 1 amide bonds. The quantitative estimate of drug-likeness (QED) is 0.446. The van der Waals surface area contributed by atoms with Crippen molar-refractivity contribution in [1.82, 2.24) is 19.5 Å². The van der Waals surface area contributed by atoms with Crippen molar-refractivity contribution in [3.63, 3.8) is 0 Å². The van der Waals surface area contributed by atoms with Crippen molar-refractivity contribution in [3.8, 4) is 0 Å². The normalized spacial score (nSPS) is 13.7. The number of para-hydroxylation sites is 1. The molecule has 0 atom stereocenters. The van der Waals surface area contributed by atoms with Gasteiger partial charge in [0.05, 0.1) is 6.20 Å². The van der Waals surface area contributed by atoms with Gasteiger partial charge in [-0.05, 0) is 24.1 Å². The van der Waals surface area contributed by atoms with Gasteiger partial charge >= 0.3 is 5.97 Å². The Morgan fingerprint density at radius 1 is 0.943 bits per heavy atom. The van der Waals surface area contributed by atoms with E-state index in [-0.39, 0.29) is 17.1 Å². The number of aromatic carboxylic acids is 1. The molecule has 178 valence electrons. The van der Waals surface area contributed by atoms with Gasteiger partial charge in [-0.3, -0.25) is 4.79 Å². The molecular weight excluding hydrogens is 444 g/mol. The lowest BCUT2D eigenvalue weighted by Crippen LogP contribution is -2.49. The summed E-state index contributed by atoms with van der Waals surface area (Å²) in [7, 11) is 0. The highest BCUT2D eigenvalue weighted by Gasteiger charge is 2.27. The van der Waals surface area contributed by atoms with Crippen LogP contribution in [0.15, 0.2) is 67.0 Å². The first-order valence-corrected chi connectivity index (χ1v) is 11.5. The number of nitrogens with zero attached hydrogens (tertiary/aromatic N) is 5. The van der Waals surface area contributed by atoms with E-state index in [1.165, 1.54) is 28.2 Å². The first-order chi connectivity index (χ1) is 17.0. The number of anilines is 2. The summed E-state index contributed by atoms with van der Waals surface area (Å²) in [6.45, 7) is 5.14. The summed E-state index contributed by atoms with van der Waals surface area (Å²) in [5, 5.41) is 17.0. The summed E-state index contributed by atoms with van der Waals surface area (Å²) in [5.74, 6) is -0.850. The van der Waals surface area contributed by atoms with Crippen LogP contribution in [-0.2, 0) is 6.54 Å². The molecule has 35 heavy (non-hydrogen) atoms. The Morgan fingerprint density at radius 2 is 1.66 bits per heavy atom. The number of piperazine rings is 1.